The lowest BCUT2D eigenvalue weighted by molar-refractivity contribution is 0.491. The maximum Gasteiger partial charge on any atom is 0.118 e. The minimum atomic E-state index is -0.132. The molecule has 1 aliphatic carbocycles. The van der Waals surface area contributed by atoms with Gasteiger partial charge in [0.15, 0.2) is 0 Å². The van der Waals surface area contributed by atoms with Gasteiger partial charge in [-0.1, -0.05) is 54.1 Å². The van der Waals surface area contributed by atoms with E-state index in [-0.39, 0.29) is 11.9 Å². The first-order valence-corrected chi connectivity index (χ1v) is 12.6. The van der Waals surface area contributed by atoms with E-state index in [0.29, 0.717) is 11.8 Å². The third kappa shape index (κ3) is 7.63. The average Bonchev–Trinajstić information content (AvgIpc) is 3.54. The number of rotatable bonds is 3. The maximum atomic E-state index is 13.3. The summed E-state index contributed by atoms with van der Waals surface area (Å²) < 4.78 is 13.3. The van der Waals surface area contributed by atoms with Crippen LogP contribution in [-0.2, 0) is 0 Å². The largest absolute Gasteiger partial charge is 0.378 e. The first-order valence-electron chi connectivity index (χ1n) is 12.6. The zero-order valence-corrected chi connectivity index (χ0v) is 21.7. The lowest BCUT2D eigenvalue weighted by Gasteiger charge is -2.25. The van der Waals surface area contributed by atoms with Crippen LogP contribution in [0.5, 0.6) is 0 Å². The van der Waals surface area contributed by atoms with Crippen LogP contribution in [0.3, 0.4) is 0 Å². The van der Waals surface area contributed by atoms with Gasteiger partial charge in [0.2, 0.25) is 0 Å². The number of nitrogens with two attached hydrogens (primary N) is 2. The zero-order chi connectivity index (χ0) is 25.8. The normalized spacial score (nSPS) is 23.7. The summed E-state index contributed by atoms with van der Waals surface area (Å²) in [5, 5.41) is 6.92. The Morgan fingerprint density at radius 2 is 1.71 bits per heavy atom. The van der Waals surface area contributed by atoms with Crippen molar-refractivity contribution in [2.24, 2.45) is 17.4 Å². The smallest absolute Gasteiger partial charge is 0.118 e. The van der Waals surface area contributed by atoms with Crippen LogP contribution in [0.4, 0.5) is 10.1 Å². The van der Waals surface area contributed by atoms with E-state index in [1.54, 1.807) is 12.2 Å². The van der Waals surface area contributed by atoms with E-state index in [4.69, 9.17) is 0 Å². The highest BCUT2D eigenvalue weighted by Gasteiger charge is 2.35. The summed E-state index contributed by atoms with van der Waals surface area (Å²) in [6.07, 6.45) is 10.7. The lowest BCUT2D eigenvalue weighted by Crippen LogP contribution is -2.24. The van der Waals surface area contributed by atoms with Crippen LogP contribution in [0, 0.1) is 12.8 Å². The number of nitrogens with one attached hydrogen (secondary N) is 2. The number of anilines is 1. The molecular weight excluding hydrogens is 435 g/mol. The van der Waals surface area contributed by atoms with Gasteiger partial charge in [0.05, 0.1) is 6.04 Å². The number of hydrogen-bond donors (Lipinski definition) is 4. The molecule has 2 heterocycles. The maximum absolute atomic E-state index is 13.3. The van der Waals surface area contributed by atoms with Crippen molar-refractivity contribution in [2.75, 3.05) is 26.0 Å². The fourth-order valence-electron chi connectivity index (χ4n) is 4.80. The molecule has 2 aromatic rings. The van der Waals surface area contributed by atoms with E-state index >= 15 is 0 Å². The molecule has 6 N–H and O–H groups in total. The molecule has 0 amide bonds. The van der Waals surface area contributed by atoms with Crippen LogP contribution in [0.15, 0.2) is 79.2 Å². The Hall–Kier alpha value is -2.73. The SMILES string of the molecule is C=CC1Nc2cc(-c3ccc(C)cc3)ccc2C1C1C=CC(F)=CC1.CN.CN.C[C@@H]1CCCN1. The van der Waals surface area contributed by atoms with Crippen molar-refractivity contribution in [1.29, 1.82) is 0 Å². The molecule has 4 nitrogen and oxygen atoms in total. The van der Waals surface area contributed by atoms with E-state index < -0.39 is 0 Å². The first kappa shape index (κ1) is 28.5. The molecule has 2 aliphatic heterocycles. The van der Waals surface area contributed by atoms with Crippen LogP contribution in [0.1, 0.15) is 43.2 Å². The molecule has 0 spiro atoms. The van der Waals surface area contributed by atoms with E-state index in [2.05, 4.69) is 85.0 Å². The molecule has 3 unspecified atom stereocenters. The molecule has 1 saturated heterocycles. The van der Waals surface area contributed by atoms with Gasteiger partial charge in [0, 0.05) is 17.6 Å². The minimum absolute atomic E-state index is 0.132. The Morgan fingerprint density at radius 3 is 2.23 bits per heavy atom. The van der Waals surface area contributed by atoms with Crippen molar-refractivity contribution in [3.05, 3.63) is 90.3 Å². The Kier molecular flexibility index (Phi) is 11.9. The number of hydrogen-bond acceptors (Lipinski definition) is 4. The number of benzene rings is 2. The first-order chi connectivity index (χ1) is 17.0. The number of aryl methyl sites for hydroxylation is 1. The Morgan fingerprint density at radius 1 is 1.03 bits per heavy atom. The van der Waals surface area contributed by atoms with Gasteiger partial charge in [-0.25, -0.2) is 4.39 Å². The van der Waals surface area contributed by atoms with Gasteiger partial charge in [0.25, 0.3) is 0 Å². The van der Waals surface area contributed by atoms with E-state index in [1.165, 1.54) is 55.7 Å². The summed E-state index contributed by atoms with van der Waals surface area (Å²) in [7, 11) is 3.00. The van der Waals surface area contributed by atoms with Gasteiger partial charge < -0.3 is 22.1 Å². The summed E-state index contributed by atoms with van der Waals surface area (Å²) in [4.78, 5) is 0. The third-order valence-electron chi connectivity index (χ3n) is 6.62. The molecule has 0 radical (unpaired) electrons. The molecular formula is C30H43FN4. The average molecular weight is 479 g/mol. The van der Waals surface area contributed by atoms with Gasteiger partial charge >= 0.3 is 0 Å². The molecule has 5 heteroatoms. The van der Waals surface area contributed by atoms with Gasteiger partial charge in [-0.05, 0) is 94.6 Å². The van der Waals surface area contributed by atoms with Crippen LogP contribution in [0.25, 0.3) is 11.1 Å². The van der Waals surface area contributed by atoms with Gasteiger partial charge in [-0.3, -0.25) is 0 Å². The predicted octanol–water partition coefficient (Wildman–Crippen LogP) is 6.06. The van der Waals surface area contributed by atoms with Crippen molar-refractivity contribution in [3.63, 3.8) is 0 Å². The van der Waals surface area contributed by atoms with Gasteiger partial charge in [-0.2, -0.15) is 0 Å². The van der Waals surface area contributed by atoms with Crippen LogP contribution in [0.2, 0.25) is 0 Å². The predicted molar refractivity (Wildman–Crippen MR) is 150 cm³/mol. The summed E-state index contributed by atoms with van der Waals surface area (Å²) in [5.74, 6) is 0.453. The highest BCUT2D eigenvalue weighted by molar-refractivity contribution is 5.73. The quantitative estimate of drug-likeness (QED) is 0.404. The van der Waals surface area contributed by atoms with Gasteiger partial charge in [0.1, 0.15) is 5.83 Å². The van der Waals surface area contributed by atoms with Crippen LogP contribution < -0.4 is 22.1 Å². The topological polar surface area (TPSA) is 76.1 Å². The second-order valence-electron chi connectivity index (χ2n) is 8.94. The van der Waals surface area contributed by atoms with Crippen molar-refractivity contribution < 1.29 is 4.39 Å². The van der Waals surface area contributed by atoms with Crippen molar-refractivity contribution >= 4 is 5.69 Å². The van der Waals surface area contributed by atoms with E-state index in [0.717, 1.165) is 18.2 Å². The number of halogens is 1. The van der Waals surface area contributed by atoms with Gasteiger partial charge in [-0.15, -0.1) is 6.58 Å². The summed E-state index contributed by atoms with van der Waals surface area (Å²) in [6.45, 7) is 9.57. The van der Waals surface area contributed by atoms with Crippen molar-refractivity contribution in [1.82, 2.24) is 5.32 Å². The molecule has 0 aromatic heterocycles. The second kappa shape index (κ2) is 14.6. The monoisotopic (exact) mass is 478 g/mol. The summed E-state index contributed by atoms with van der Waals surface area (Å²) >= 11 is 0. The lowest BCUT2D eigenvalue weighted by atomic mass is 9.79. The zero-order valence-electron chi connectivity index (χ0n) is 21.7. The Balaban J connectivity index is 0.000000368. The standard InChI is InChI=1S/C23H22FN.C5H11N.2CH5N/c1-3-21-23(17-8-11-19(24)12-9-17)20-13-10-18(14-22(20)25-21)16-6-4-15(2)5-7-16;1-5-3-2-4-6-5;2*1-2/h3-8,10-14,17,21,23,25H,1,9H2,2H3;5-6H,2-4H2,1H3;2*2H2,1H3/t;5-;;/m.1../s1. The Bertz CT molecular complexity index is 974. The molecule has 190 valence electrons. The third-order valence-corrected chi connectivity index (χ3v) is 6.62. The molecule has 4 atom stereocenters. The fraction of sp³-hybridized carbons (Fsp3) is 0.400. The minimum Gasteiger partial charge on any atom is -0.378 e. The molecule has 0 bridgehead atoms. The number of fused-ring (bicyclic) bond motifs is 1. The molecule has 35 heavy (non-hydrogen) atoms. The molecule has 3 aliphatic rings. The Labute approximate surface area is 211 Å². The highest BCUT2D eigenvalue weighted by Crippen LogP contribution is 2.45. The van der Waals surface area contributed by atoms with Crippen molar-refractivity contribution in [3.8, 4) is 11.1 Å². The molecule has 5 rings (SSSR count). The van der Waals surface area contributed by atoms with Crippen LogP contribution in [-0.4, -0.2) is 32.7 Å². The molecule has 0 saturated carbocycles. The number of allylic oxidation sites excluding steroid dienone is 4. The van der Waals surface area contributed by atoms with E-state index in [9.17, 15) is 4.39 Å². The fourth-order valence-corrected chi connectivity index (χ4v) is 4.80. The molecule has 1 fully saturated rings. The van der Waals surface area contributed by atoms with Crippen molar-refractivity contribution in [2.45, 2.75) is 51.1 Å². The molecule has 2 aromatic carbocycles. The van der Waals surface area contributed by atoms with E-state index in [1.807, 2.05) is 12.2 Å². The van der Waals surface area contributed by atoms with Crippen LogP contribution >= 0.6 is 0 Å². The highest BCUT2D eigenvalue weighted by atomic mass is 19.1. The second-order valence-corrected chi connectivity index (χ2v) is 8.94. The summed E-state index contributed by atoms with van der Waals surface area (Å²) in [6, 6.07) is 16.2. The summed E-state index contributed by atoms with van der Waals surface area (Å²) in [5.41, 5.74) is 15.2.